The monoisotopic (exact) mass is 297 g/mol. The molecule has 1 aliphatic carbocycles. The number of carbonyl (C=O) groups is 1. The quantitative estimate of drug-likeness (QED) is 0.923. The molecule has 4 heteroatoms. The van der Waals surface area contributed by atoms with Crippen LogP contribution in [0, 0.1) is 6.92 Å². The third-order valence-electron chi connectivity index (χ3n) is 4.25. The molecule has 0 atom stereocenters. The van der Waals surface area contributed by atoms with E-state index in [2.05, 4.69) is 17.4 Å². The molecular weight excluding hydrogens is 274 g/mol. The van der Waals surface area contributed by atoms with Crippen LogP contribution in [-0.4, -0.2) is 43.0 Å². The van der Waals surface area contributed by atoms with Gasteiger partial charge in [-0.3, -0.25) is 9.78 Å². The minimum atomic E-state index is 0.0788. The fourth-order valence-electron chi connectivity index (χ4n) is 2.71. The second-order valence-electron chi connectivity index (χ2n) is 6.22. The zero-order valence-electron chi connectivity index (χ0n) is 13.5. The molecule has 2 aromatic rings. The lowest BCUT2D eigenvalue weighted by Crippen LogP contribution is -2.33. The number of amides is 1. The van der Waals surface area contributed by atoms with Gasteiger partial charge >= 0.3 is 0 Å². The van der Waals surface area contributed by atoms with Crippen LogP contribution in [0.3, 0.4) is 0 Å². The van der Waals surface area contributed by atoms with Crippen LogP contribution in [0.2, 0.25) is 0 Å². The number of carbonyl (C=O) groups excluding carboxylic acids is 1. The van der Waals surface area contributed by atoms with Gasteiger partial charge in [-0.15, -0.1) is 0 Å². The number of nitrogens with one attached hydrogen (secondary N) is 1. The van der Waals surface area contributed by atoms with Crippen LogP contribution in [0.15, 0.2) is 24.3 Å². The molecule has 1 aliphatic rings. The van der Waals surface area contributed by atoms with Crippen molar-refractivity contribution >= 4 is 16.8 Å². The summed E-state index contributed by atoms with van der Waals surface area (Å²) in [5.41, 5.74) is 3.94. The predicted octanol–water partition coefficient (Wildman–Crippen LogP) is 2.71. The first kappa shape index (κ1) is 15.0. The van der Waals surface area contributed by atoms with Crippen LogP contribution in [0.5, 0.6) is 0 Å². The van der Waals surface area contributed by atoms with Crippen molar-refractivity contribution in [2.45, 2.75) is 25.7 Å². The van der Waals surface area contributed by atoms with Crippen LogP contribution in [-0.2, 0) is 0 Å². The molecule has 1 fully saturated rings. The number of hydrogen-bond acceptors (Lipinski definition) is 3. The lowest BCUT2D eigenvalue weighted by molar-refractivity contribution is 0.0798. The summed E-state index contributed by atoms with van der Waals surface area (Å²) in [6.07, 6.45) is 2.38. The molecule has 4 nitrogen and oxygen atoms in total. The number of aryl methyl sites for hydroxylation is 1. The summed E-state index contributed by atoms with van der Waals surface area (Å²) < 4.78 is 0. The smallest absolute Gasteiger partial charge is 0.254 e. The Morgan fingerprint density at radius 3 is 2.82 bits per heavy atom. The summed E-state index contributed by atoms with van der Waals surface area (Å²) in [4.78, 5) is 19.4. The first-order valence-electron chi connectivity index (χ1n) is 7.91. The van der Waals surface area contributed by atoms with Crippen LogP contribution >= 0.6 is 0 Å². The SMILES string of the molecule is CNCCN(C)C(=O)c1cc(C2CC2)nc2ccc(C)cc12. The van der Waals surface area contributed by atoms with Gasteiger partial charge in [0.05, 0.1) is 11.1 Å². The summed E-state index contributed by atoms with van der Waals surface area (Å²) in [6, 6.07) is 8.17. The van der Waals surface area contributed by atoms with Gasteiger partial charge in [-0.25, -0.2) is 0 Å². The van der Waals surface area contributed by atoms with Crippen molar-refractivity contribution in [2.75, 3.05) is 27.2 Å². The summed E-state index contributed by atoms with van der Waals surface area (Å²) in [6.45, 7) is 3.54. The fraction of sp³-hybridized carbons (Fsp3) is 0.444. The second-order valence-corrected chi connectivity index (χ2v) is 6.22. The van der Waals surface area contributed by atoms with E-state index in [4.69, 9.17) is 4.98 Å². The molecule has 1 heterocycles. The summed E-state index contributed by atoms with van der Waals surface area (Å²) in [7, 11) is 3.76. The summed E-state index contributed by atoms with van der Waals surface area (Å²) >= 11 is 0. The first-order valence-corrected chi connectivity index (χ1v) is 7.91. The van der Waals surface area contributed by atoms with Gasteiger partial charge in [-0.2, -0.15) is 0 Å². The van der Waals surface area contributed by atoms with Crippen LogP contribution < -0.4 is 5.32 Å². The average molecular weight is 297 g/mol. The maximum atomic E-state index is 12.8. The van der Waals surface area contributed by atoms with Crippen LogP contribution in [0.4, 0.5) is 0 Å². The van der Waals surface area contributed by atoms with Gasteiger partial charge in [0.25, 0.3) is 5.91 Å². The Balaban J connectivity index is 2.05. The van der Waals surface area contributed by atoms with Crippen molar-refractivity contribution in [1.82, 2.24) is 15.2 Å². The molecule has 0 unspecified atom stereocenters. The third kappa shape index (κ3) is 2.97. The maximum absolute atomic E-state index is 12.8. The van der Waals surface area contributed by atoms with Gasteiger partial charge in [0.1, 0.15) is 0 Å². The minimum Gasteiger partial charge on any atom is -0.340 e. The number of likely N-dealkylation sites (N-methyl/N-ethyl adjacent to an activating group) is 2. The molecule has 1 saturated carbocycles. The Kier molecular flexibility index (Phi) is 4.12. The summed E-state index contributed by atoms with van der Waals surface area (Å²) in [5, 5.41) is 4.05. The Morgan fingerprint density at radius 1 is 1.36 bits per heavy atom. The standard InChI is InChI=1S/C18H23N3O/c1-12-4-7-16-14(10-12)15(11-17(20-16)13-5-6-13)18(22)21(3)9-8-19-2/h4,7,10-11,13,19H,5-6,8-9H2,1-3H3. The van der Waals surface area contributed by atoms with Gasteiger partial charge in [0.2, 0.25) is 0 Å². The van der Waals surface area contributed by atoms with Crippen molar-refractivity contribution in [3.63, 3.8) is 0 Å². The number of fused-ring (bicyclic) bond motifs is 1. The molecule has 116 valence electrons. The van der Waals surface area contributed by atoms with E-state index in [0.717, 1.165) is 34.3 Å². The molecule has 3 rings (SSSR count). The number of aromatic nitrogens is 1. The van der Waals surface area contributed by atoms with E-state index in [1.54, 1.807) is 4.90 Å². The number of rotatable bonds is 5. The van der Waals surface area contributed by atoms with E-state index in [1.807, 2.05) is 33.2 Å². The molecule has 0 aliphatic heterocycles. The zero-order chi connectivity index (χ0) is 15.7. The van der Waals surface area contributed by atoms with Gasteiger partial charge in [0, 0.05) is 37.1 Å². The van der Waals surface area contributed by atoms with Crippen molar-refractivity contribution in [3.05, 3.63) is 41.1 Å². The average Bonchev–Trinajstić information content (AvgIpc) is 3.35. The Labute approximate surface area is 131 Å². The minimum absolute atomic E-state index is 0.0788. The Hall–Kier alpha value is -1.94. The van der Waals surface area contributed by atoms with E-state index in [-0.39, 0.29) is 5.91 Å². The molecule has 1 N–H and O–H groups in total. The topological polar surface area (TPSA) is 45.2 Å². The van der Waals surface area contributed by atoms with Crippen molar-refractivity contribution < 1.29 is 4.79 Å². The number of hydrogen-bond donors (Lipinski definition) is 1. The molecule has 0 saturated heterocycles. The second kappa shape index (κ2) is 6.05. The van der Waals surface area contributed by atoms with Crippen LogP contribution in [0.25, 0.3) is 10.9 Å². The lowest BCUT2D eigenvalue weighted by atomic mass is 10.0. The Morgan fingerprint density at radius 2 is 2.14 bits per heavy atom. The predicted molar refractivity (Wildman–Crippen MR) is 89.3 cm³/mol. The molecule has 0 spiro atoms. The fourth-order valence-corrected chi connectivity index (χ4v) is 2.71. The van der Waals surface area contributed by atoms with Crippen LogP contribution in [0.1, 0.15) is 40.4 Å². The number of nitrogens with zero attached hydrogens (tertiary/aromatic N) is 2. The molecule has 22 heavy (non-hydrogen) atoms. The molecule has 0 bridgehead atoms. The number of benzene rings is 1. The number of pyridine rings is 1. The lowest BCUT2D eigenvalue weighted by Gasteiger charge is -2.19. The zero-order valence-corrected chi connectivity index (χ0v) is 13.5. The molecular formula is C18H23N3O. The van der Waals surface area contributed by atoms with Gasteiger partial charge in [-0.1, -0.05) is 11.6 Å². The first-order chi connectivity index (χ1) is 10.6. The van der Waals surface area contributed by atoms with E-state index in [0.29, 0.717) is 12.5 Å². The third-order valence-corrected chi connectivity index (χ3v) is 4.25. The van der Waals surface area contributed by atoms with E-state index in [9.17, 15) is 4.79 Å². The molecule has 1 amide bonds. The van der Waals surface area contributed by atoms with Crippen molar-refractivity contribution in [3.8, 4) is 0 Å². The maximum Gasteiger partial charge on any atom is 0.254 e. The van der Waals surface area contributed by atoms with E-state index < -0.39 is 0 Å². The van der Waals surface area contributed by atoms with Gasteiger partial charge in [-0.05, 0) is 45.0 Å². The normalized spacial score (nSPS) is 14.3. The highest BCUT2D eigenvalue weighted by atomic mass is 16.2. The highest BCUT2D eigenvalue weighted by Crippen LogP contribution is 2.40. The highest BCUT2D eigenvalue weighted by Gasteiger charge is 2.27. The van der Waals surface area contributed by atoms with E-state index in [1.165, 1.54) is 12.8 Å². The van der Waals surface area contributed by atoms with Crippen molar-refractivity contribution in [2.24, 2.45) is 0 Å². The molecule has 0 radical (unpaired) electrons. The molecule has 1 aromatic carbocycles. The highest BCUT2D eigenvalue weighted by molar-refractivity contribution is 6.06. The molecule has 1 aromatic heterocycles. The van der Waals surface area contributed by atoms with Crippen molar-refractivity contribution in [1.29, 1.82) is 0 Å². The van der Waals surface area contributed by atoms with Gasteiger partial charge < -0.3 is 10.2 Å². The summed E-state index contributed by atoms with van der Waals surface area (Å²) in [5.74, 6) is 0.620. The Bertz CT molecular complexity index is 707. The van der Waals surface area contributed by atoms with E-state index >= 15 is 0 Å². The largest absolute Gasteiger partial charge is 0.340 e. The van der Waals surface area contributed by atoms with Gasteiger partial charge in [0.15, 0.2) is 0 Å².